The van der Waals surface area contributed by atoms with E-state index in [2.05, 4.69) is 29.6 Å². The highest BCUT2D eigenvalue weighted by molar-refractivity contribution is 5.74. The van der Waals surface area contributed by atoms with Crippen LogP contribution in [0.15, 0.2) is 12.3 Å². The van der Waals surface area contributed by atoms with Gasteiger partial charge in [0.05, 0.1) is 0 Å². The lowest BCUT2D eigenvalue weighted by atomic mass is 9.80. The van der Waals surface area contributed by atoms with Gasteiger partial charge in [0.2, 0.25) is 0 Å². The molecule has 0 aromatic carbocycles. The van der Waals surface area contributed by atoms with Crippen LogP contribution < -0.4 is 10.6 Å². The molecule has 1 aliphatic rings. The Labute approximate surface area is 121 Å². The minimum atomic E-state index is -0.0430. The lowest BCUT2D eigenvalue weighted by Gasteiger charge is -2.33. The Balaban J connectivity index is 1.69. The maximum Gasteiger partial charge on any atom is 0.315 e. The maximum atomic E-state index is 11.9. The van der Waals surface area contributed by atoms with Crippen molar-refractivity contribution in [1.82, 2.24) is 20.4 Å². The lowest BCUT2D eigenvalue weighted by Crippen LogP contribution is -2.47. The normalized spacial score (nSPS) is 26.2. The molecule has 20 heavy (non-hydrogen) atoms. The molecule has 1 saturated carbocycles. The van der Waals surface area contributed by atoms with Crippen LogP contribution in [0.1, 0.15) is 38.8 Å². The van der Waals surface area contributed by atoms with Gasteiger partial charge in [-0.05, 0) is 37.2 Å². The molecule has 1 heterocycles. The number of carbonyl (C=O) groups is 1. The van der Waals surface area contributed by atoms with Gasteiger partial charge in [0.1, 0.15) is 0 Å². The third kappa shape index (κ3) is 3.99. The van der Waals surface area contributed by atoms with E-state index in [9.17, 15) is 4.79 Å². The molecular weight excluding hydrogens is 252 g/mol. The van der Waals surface area contributed by atoms with E-state index in [1.165, 1.54) is 12.8 Å². The van der Waals surface area contributed by atoms with E-state index in [0.29, 0.717) is 18.5 Å². The Morgan fingerprint density at radius 1 is 1.45 bits per heavy atom. The van der Waals surface area contributed by atoms with Gasteiger partial charge < -0.3 is 10.6 Å². The van der Waals surface area contributed by atoms with Crippen LogP contribution in [0, 0.1) is 11.8 Å². The second kappa shape index (κ2) is 6.77. The number of carbonyl (C=O) groups excluding carboxylic acids is 1. The molecule has 2 rings (SSSR count). The first-order valence-electron chi connectivity index (χ1n) is 7.57. The summed E-state index contributed by atoms with van der Waals surface area (Å²) in [5, 5.41) is 10.2. The summed E-state index contributed by atoms with van der Waals surface area (Å²) in [4.78, 5) is 11.9. The average molecular weight is 278 g/mol. The van der Waals surface area contributed by atoms with Gasteiger partial charge in [0.15, 0.2) is 0 Å². The smallest absolute Gasteiger partial charge is 0.315 e. The van der Waals surface area contributed by atoms with Crippen molar-refractivity contribution < 1.29 is 4.79 Å². The molecule has 5 nitrogen and oxygen atoms in total. The van der Waals surface area contributed by atoms with Crippen molar-refractivity contribution in [2.45, 2.75) is 45.6 Å². The quantitative estimate of drug-likeness (QED) is 0.886. The molecule has 3 atom stereocenters. The summed E-state index contributed by atoms with van der Waals surface area (Å²) >= 11 is 0. The van der Waals surface area contributed by atoms with Gasteiger partial charge in [-0.1, -0.05) is 13.8 Å². The molecule has 112 valence electrons. The fraction of sp³-hybridized carbons (Fsp3) is 0.733. The number of urea groups is 1. The minimum absolute atomic E-state index is 0.0430. The number of nitrogens with one attached hydrogen (secondary N) is 2. The van der Waals surface area contributed by atoms with Gasteiger partial charge in [-0.15, -0.1) is 0 Å². The van der Waals surface area contributed by atoms with Crippen LogP contribution >= 0.6 is 0 Å². The molecule has 2 N–H and O–H groups in total. The van der Waals surface area contributed by atoms with Crippen LogP contribution in [0.2, 0.25) is 0 Å². The zero-order valence-electron chi connectivity index (χ0n) is 12.7. The highest BCUT2D eigenvalue weighted by atomic mass is 16.2. The van der Waals surface area contributed by atoms with Gasteiger partial charge in [0, 0.05) is 37.9 Å². The number of aromatic nitrogens is 2. The molecule has 0 unspecified atom stereocenters. The molecule has 0 spiro atoms. The summed E-state index contributed by atoms with van der Waals surface area (Å²) < 4.78 is 1.84. The molecule has 1 aliphatic carbocycles. The fourth-order valence-electron chi connectivity index (χ4n) is 3.05. The lowest BCUT2D eigenvalue weighted by molar-refractivity contribution is 0.206. The molecule has 0 bridgehead atoms. The topological polar surface area (TPSA) is 59.0 Å². The molecule has 0 radical (unpaired) electrons. The van der Waals surface area contributed by atoms with E-state index < -0.39 is 0 Å². The van der Waals surface area contributed by atoms with E-state index >= 15 is 0 Å². The highest BCUT2D eigenvalue weighted by Crippen LogP contribution is 2.28. The maximum absolute atomic E-state index is 11.9. The standard InChI is InChI=1S/C15H26N4O/c1-11-4-5-14(12(2)10-11)18-15(20)16-8-6-13-7-9-17-19(13)3/h7,9,11-12,14H,4-6,8,10H2,1-3H3,(H2,16,18,20)/t11-,12-,14-/m1/s1. The number of hydrogen-bond donors (Lipinski definition) is 2. The van der Waals surface area contributed by atoms with Crippen molar-refractivity contribution in [2.75, 3.05) is 6.54 Å². The number of aryl methyl sites for hydroxylation is 1. The largest absolute Gasteiger partial charge is 0.338 e. The van der Waals surface area contributed by atoms with Crippen LogP contribution in [-0.4, -0.2) is 28.4 Å². The first-order valence-corrected chi connectivity index (χ1v) is 7.57. The molecule has 0 saturated heterocycles. The zero-order chi connectivity index (χ0) is 14.5. The van der Waals surface area contributed by atoms with Crippen molar-refractivity contribution in [1.29, 1.82) is 0 Å². The molecule has 1 fully saturated rings. The van der Waals surface area contributed by atoms with Crippen molar-refractivity contribution in [3.63, 3.8) is 0 Å². The Morgan fingerprint density at radius 3 is 2.90 bits per heavy atom. The third-order valence-corrected chi connectivity index (χ3v) is 4.34. The Morgan fingerprint density at radius 2 is 2.25 bits per heavy atom. The summed E-state index contributed by atoms with van der Waals surface area (Å²) in [6.45, 7) is 5.17. The predicted molar refractivity (Wildman–Crippen MR) is 79.4 cm³/mol. The molecule has 1 aromatic rings. The second-order valence-corrected chi connectivity index (χ2v) is 6.10. The summed E-state index contributed by atoms with van der Waals surface area (Å²) in [5.41, 5.74) is 1.13. The zero-order valence-corrected chi connectivity index (χ0v) is 12.7. The highest BCUT2D eigenvalue weighted by Gasteiger charge is 2.26. The molecule has 2 amide bonds. The monoisotopic (exact) mass is 278 g/mol. The third-order valence-electron chi connectivity index (χ3n) is 4.34. The summed E-state index contributed by atoms with van der Waals surface area (Å²) in [6, 6.07) is 2.26. The van der Waals surface area contributed by atoms with Crippen LogP contribution in [0.5, 0.6) is 0 Å². The summed E-state index contributed by atoms with van der Waals surface area (Å²) in [6.07, 6.45) is 6.10. The van der Waals surface area contributed by atoms with E-state index in [1.807, 2.05) is 17.8 Å². The first kappa shape index (κ1) is 14.9. The number of rotatable bonds is 4. The van der Waals surface area contributed by atoms with E-state index in [-0.39, 0.29) is 6.03 Å². The predicted octanol–water partition coefficient (Wildman–Crippen LogP) is 2.09. The van der Waals surface area contributed by atoms with E-state index in [0.717, 1.165) is 24.5 Å². The summed E-state index contributed by atoms with van der Waals surface area (Å²) in [7, 11) is 1.92. The Kier molecular flexibility index (Phi) is 5.04. The van der Waals surface area contributed by atoms with E-state index in [1.54, 1.807) is 6.20 Å². The number of amides is 2. The Hall–Kier alpha value is -1.52. The van der Waals surface area contributed by atoms with Crippen molar-refractivity contribution in [2.24, 2.45) is 18.9 Å². The Bertz CT molecular complexity index is 443. The molecule has 1 aromatic heterocycles. The van der Waals surface area contributed by atoms with Crippen LogP contribution in [0.3, 0.4) is 0 Å². The van der Waals surface area contributed by atoms with Crippen molar-refractivity contribution >= 4 is 6.03 Å². The van der Waals surface area contributed by atoms with Gasteiger partial charge in [0.25, 0.3) is 0 Å². The molecule has 0 aliphatic heterocycles. The summed E-state index contributed by atoms with van der Waals surface area (Å²) in [5.74, 6) is 1.36. The van der Waals surface area contributed by atoms with Gasteiger partial charge in [-0.2, -0.15) is 5.10 Å². The van der Waals surface area contributed by atoms with E-state index in [4.69, 9.17) is 0 Å². The van der Waals surface area contributed by atoms with Crippen molar-refractivity contribution in [3.05, 3.63) is 18.0 Å². The van der Waals surface area contributed by atoms with Gasteiger partial charge >= 0.3 is 6.03 Å². The second-order valence-electron chi connectivity index (χ2n) is 6.10. The molecule has 5 heteroatoms. The molecular formula is C15H26N4O. The van der Waals surface area contributed by atoms with Crippen LogP contribution in [-0.2, 0) is 13.5 Å². The van der Waals surface area contributed by atoms with Gasteiger partial charge in [-0.3, -0.25) is 4.68 Å². The first-order chi connectivity index (χ1) is 9.56. The number of nitrogens with zero attached hydrogens (tertiary/aromatic N) is 2. The minimum Gasteiger partial charge on any atom is -0.338 e. The van der Waals surface area contributed by atoms with Crippen LogP contribution in [0.4, 0.5) is 4.79 Å². The SMILES string of the molecule is C[C@@H]1CC[C@@H](NC(=O)NCCc2ccnn2C)[C@H](C)C1. The fourth-order valence-corrected chi connectivity index (χ4v) is 3.05. The number of hydrogen-bond acceptors (Lipinski definition) is 2. The average Bonchev–Trinajstić information content (AvgIpc) is 2.79. The van der Waals surface area contributed by atoms with Gasteiger partial charge in [-0.25, -0.2) is 4.79 Å². The van der Waals surface area contributed by atoms with Crippen LogP contribution in [0.25, 0.3) is 0 Å². The van der Waals surface area contributed by atoms with Crippen molar-refractivity contribution in [3.8, 4) is 0 Å².